The van der Waals surface area contributed by atoms with Gasteiger partial charge in [-0.25, -0.2) is 0 Å². The van der Waals surface area contributed by atoms with Crippen LogP contribution in [0.3, 0.4) is 0 Å². The molecule has 0 radical (unpaired) electrons. The number of terminal acetylenes is 1. The summed E-state index contributed by atoms with van der Waals surface area (Å²) in [4.78, 5) is 4.98. The molecule has 0 saturated carbocycles. The van der Waals surface area contributed by atoms with E-state index in [1.165, 1.54) is 0 Å². The number of hydrogen-bond donors (Lipinski definition) is 1. The van der Waals surface area contributed by atoms with Gasteiger partial charge in [0.25, 0.3) is 0 Å². The molecule has 0 amide bonds. The zero-order valence-electron chi connectivity index (χ0n) is 12.9. The molecule has 0 bridgehead atoms. The average molecular weight is 343 g/mol. The summed E-state index contributed by atoms with van der Waals surface area (Å²) < 4.78 is 5.72. The Balaban J connectivity index is 2.18. The number of hydrogen-bond acceptors (Lipinski definition) is 5. The molecule has 24 heavy (non-hydrogen) atoms. The van der Waals surface area contributed by atoms with Crippen molar-refractivity contribution in [1.29, 1.82) is 0 Å². The molecular weight excluding hydrogens is 328 g/mol. The van der Waals surface area contributed by atoms with Gasteiger partial charge in [0.05, 0.1) is 0 Å². The molecule has 0 aliphatic carbocycles. The van der Waals surface area contributed by atoms with Crippen molar-refractivity contribution in [2.75, 3.05) is 6.61 Å². The molecule has 0 aliphatic heterocycles. The first-order chi connectivity index (χ1) is 11.6. The third-order valence-corrected chi connectivity index (χ3v) is 3.23. The number of halogens is 1. The van der Waals surface area contributed by atoms with Gasteiger partial charge in [-0.2, -0.15) is 0 Å². The maximum Gasteiger partial charge on any atom is 0.177 e. The molecule has 0 aliphatic rings. The molecular formula is C18H15ClN2O3. The SMILES string of the molecule is C#CCO/N=C(/C(C)=NO)c1ccc(Oc2ccc(Cl)cc2)cc1. The summed E-state index contributed by atoms with van der Waals surface area (Å²) in [6.07, 6.45) is 5.12. The van der Waals surface area contributed by atoms with Crippen molar-refractivity contribution in [3.05, 3.63) is 59.1 Å². The van der Waals surface area contributed by atoms with Crippen molar-refractivity contribution in [3.8, 4) is 23.8 Å². The van der Waals surface area contributed by atoms with Crippen molar-refractivity contribution < 1.29 is 14.8 Å². The van der Waals surface area contributed by atoms with Gasteiger partial charge in [0.2, 0.25) is 0 Å². The Kier molecular flexibility index (Phi) is 6.23. The van der Waals surface area contributed by atoms with Gasteiger partial charge in [-0.1, -0.05) is 27.8 Å². The van der Waals surface area contributed by atoms with Gasteiger partial charge in [-0.3, -0.25) is 0 Å². The molecule has 0 saturated heterocycles. The molecule has 0 atom stereocenters. The molecule has 1 N–H and O–H groups in total. The van der Waals surface area contributed by atoms with Crippen LogP contribution in [0.5, 0.6) is 11.5 Å². The summed E-state index contributed by atoms with van der Waals surface area (Å²) in [7, 11) is 0. The lowest BCUT2D eigenvalue weighted by molar-refractivity contribution is 0.180. The lowest BCUT2D eigenvalue weighted by atomic mass is 10.1. The van der Waals surface area contributed by atoms with Crippen LogP contribution in [0.15, 0.2) is 58.8 Å². The molecule has 2 aromatic rings. The van der Waals surface area contributed by atoms with Gasteiger partial charge >= 0.3 is 0 Å². The molecule has 0 fully saturated rings. The Morgan fingerprint density at radius 1 is 1.12 bits per heavy atom. The fourth-order valence-corrected chi connectivity index (χ4v) is 1.95. The van der Waals surface area contributed by atoms with Crippen LogP contribution in [0.4, 0.5) is 0 Å². The molecule has 2 aromatic carbocycles. The van der Waals surface area contributed by atoms with E-state index in [1.54, 1.807) is 55.5 Å². The van der Waals surface area contributed by atoms with E-state index in [9.17, 15) is 0 Å². The van der Waals surface area contributed by atoms with Gasteiger partial charge in [-0.15, -0.1) is 6.42 Å². The highest BCUT2D eigenvalue weighted by atomic mass is 35.5. The number of rotatable bonds is 6. The fourth-order valence-electron chi connectivity index (χ4n) is 1.83. The summed E-state index contributed by atoms with van der Waals surface area (Å²) in [5, 5.41) is 16.7. The van der Waals surface area contributed by atoms with Crippen molar-refractivity contribution in [2.24, 2.45) is 10.3 Å². The zero-order valence-corrected chi connectivity index (χ0v) is 13.7. The average Bonchev–Trinajstić information content (AvgIpc) is 2.61. The highest BCUT2D eigenvalue weighted by Gasteiger charge is 2.10. The second-order valence-electron chi connectivity index (χ2n) is 4.68. The quantitative estimate of drug-likeness (QED) is 0.279. The second kappa shape index (κ2) is 8.61. The number of oxime groups is 2. The Morgan fingerprint density at radius 3 is 2.25 bits per heavy atom. The van der Waals surface area contributed by atoms with Crippen LogP contribution in [-0.2, 0) is 4.84 Å². The van der Waals surface area contributed by atoms with Crippen molar-refractivity contribution in [1.82, 2.24) is 0 Å². The molecule has 0 heterocycles. The van der Waals surface area contributed by atoms with Crippen molar-refractivity contribution in [3.63, 3.8) is 0 Å². The molecule has 0 aromatic heterocycles. The Morgan fingerprint density at radius 2 is 1.71 bits per heavy atom. The van der Waals surface area contributed by atoms with E-state index in [2.05, 4.69) is 16.2 Å². The normalized spacial score (nSPS) is 11.7. The molecule has 0 unspecified atom stereocenters. The van der Waals surface area contributed by atoms with Crippen LogP contribution in [-0.4, -0.2) is 23.2 Å². The Bertz CT molecular complexity index is 775. The highest BCUT2D eigenvalue weighted by Crippen LogP contribution is 2.23. The van der Waals surface area contributed by atoms with Gasteiger partial charge in [0.1, 0.15) is 22.9 Å². The summed E-state index contributed by atoms with van der Waals surface area (Å²) in [5.41, 5.74) is 1.38. The van der Waals surface area contributed by atoms with E-state index < -0.39 is 0 Å². The van der Waals surface area contributed by atoms with Crippen LogP contribution in [0.2, 0.25) is 5.02 Å². The summed E-state index contributed by atoms with van der Waals surface area (Å²) in [6, 6.07) is 14.1. The number of benzene rings is 2. The first-order valence-corrected chi connectivity index (χ1v) is 7.38. The standard InChI is InChI=1S/C18H15ClN2O3/c1-3-12-23-21-18(13(2)20-22)14-4-8-16(9-5-14)24-17-10-6-15(19)7-11-17/h1,4-11,22H,12H2,2H3/b20-13?,21-18-. The van der Waals surface area contributed by atoms with E-state index in [4.69, 9.17) is 32.8 Å². The minimum absolute atomic E-state index is 0.0277. The predicted octanol–water partition coefficient (Wildman–Crippen LogP) is 4.34. The summed E-state index contributed by atoms with van der Waals surface area (Å²) in [6.45, 7) is 1.64. The van der Waals surface area contributed by atoms with Crippen molar-refractivity contribution >= 4 is 23.0 Å². The zero-order chi connectivity index (χ0) is 17.4. The van der Waals surface area contributed by atoms with Crippen LogP contribution in [0.1, 0.15) is 12.5 Å². The van der Waals surface area contributed by atoms with Gasteiger partial charge < -0.3 is 14.8 Å². The largest absolute Gasteiger partial charge is 0.457 e. The maximum absolute atomic E-state index is 8.97. The fraction of sp³-hybridized carbons (Fsp3) is 0.111. The molecule has 6 heteroatoms. The minimum atomic E-state index is 0.0277. The minimum Gasteiger partial charge on any atom is -0.457 e. The van der Waals surface area contributed by atoms with Crippen molar-refractivity contribution in [2.45, 2.75) is 6.92 Å². The molecule has 2 rings (SSSR count). The van der Waals surface area contributed by atoms with E-state index >= 15 is 0 Å². The van der Waals surface area contributed by atoms with Gasteiger partial charge in [0.15, 0.2) is 6.61 Å². The molecule has 122 valence electrons. The lowest BCUT2D eigenvalue weighted by Crippen LogP contribution is -2.13. The predicted molar refractivity (Wildman–Crippen MR) is 94.2 cm³/mol. The first kappa shape index (κ1) is 17.4. The summed E-state index contributed by atoms with van der Waals surface area (Å²) in [5.74, 6) is 3.63. The van der Waals surface area contributed by atoms with Crippen LogP contribution < -0.4 is 4.74 Å². The summed E-state index contributed by atoms with van der Waals surface area (Å²) >= 11 is 5.84. The lowest BCUT2D eigenvalue weighted by Gasteiger charge is -2.08. The van der Waals surface area contributed by atoms with Crippen LogP contribution >= 0.6 is 11.6 Å². The van der Waals surface area contributed by atoms with Crippen LogP contribution in [0, 0.1) is 12.3 Å². The van der Waals surface area contributed by atoms with E-state index in [0.29, 0.717) is 33.5 Å². The monoisotopic (exact) mass is 342 g/mol. The number of nitrogens with zero attached hydrogens (tertiary/aromatic N) is 2. The second-order valence-corrected chi connectivity index (χ2v) is 5.12. The van der Waals surface area contributed by atoms with E-state index in [1.807, 2.05) is 0 Å². The van der Waals surface area contributed by atoms with Gasteiger partial charge in [0, 0.05) is 10.6 Å². The topological polar surface area (TPSA) is 63.4 Å². The Hall–Kier alpha value is -2.97. The highest BCUT2D eigenvalue weighted by molar-refractivity contribution is 6.47. The molecule has 5 nitrogen and oxygen atoms in total. The van der Waals surface area contributed by atoms with E-state index in [0.717, 1.165) is 0 Å². The first-order valence-electron chi connectivity index (χ1n) is 7.00. The smallest absolute Gasteiger partial charge is 0.177 e. The Labute approximate surface area is 145 Å². The number of ether oxygens (including phenoxy) is 1. The molecule has 0 spiro atoms. The third-order valence-electron chi connectivity index (χ3n) is 2.97. The van der Waals surface area contributed by atoms with E-state index in [-0.39, 0.29) is 6.61 Å². The van der Waals surface area contributed by atoms with Crippen LogP contribution in [0.25, 0.3) is 0 Å². The maximum atomic E-state index is 8.97. The third kappa shape index (κ3) is 4.77. The van der Waals surface area contributed by atoms with Gasteiger partial charge in [-0.05, 0) is 55.5 Å².